The maximum atomic E-state index is 14.0. The number of halogens is 1. The first kappa shape index (κ1) is 29.5. The summed E-state index contributed by atoms with van der Waals surface area (Å²) >= 11 is 6.64. The molecule has 5 aliphatic rings. The number of nitrogens with two attached hydrogens (primary N) is 2. The second-order valence-electron chi connectivity index (χ2n) is 12.5. The number of hydrogen-bond donors (Lipinski definition) is 5. The summed E-state index contributed by atoms with van der Waals surface area (Å²) in [4.78, 5) is 19.2. The number of amides is 1. The first-order chi connectivity index (χ1) is 19.0. The molecule has 10 heteroatoms. The second kappa shape index (κ2) is 14.3. The number of fused-ring (bicyclic) bond motifs is 1. The zero-order valence-corrected chi connectivity index (χ0v) is 24.5. The van der Waals surface area contributed by atoms with E-state index in [2.05, 4.69) is 25.8 Å². The van der Waals surface area contributed by atoms with Gasteiger partial charge in [-0.3, -0.25) is 14.6 Å². The standard InChI is InChI=1S/C29H52ClN7O2/c30-21-8-7-20-5-2-1-3-6-23(20)27(34-17-21)26(28(31)32)29(38)35-24-18-33-12-9-25(24)36-14-10-22(11-15-36)37-13-4-16-39-19-37/h20-22,24-26,28,33-34H,1-19,31-32H2,(H,35,38). The average Bonchev–Trinajstić information content (AvgIpc) is 3.19. The molecule has 0 radical (unpaired) electrons. The number of nitrogens with one attached hydrogen (secondary N) is 3. The minimum atomic E-state index is -0.769. The lowest BCUT2D eigenvalue weighted by atomic mass is 9.82. The Labute approximate surface area is 240 Å². The van der Waals surface area contributed by atoms with Crippen LogP contribution in [0.25, 0.3) is 0 Å². The Morgan fingerprint density at radius 3 is 2.59 bits per heavy atom. The number of nitrogens with zero attached hydrogens (tertiary/aromatic N) is 2. The van der Waals surface area contributed by atoms with Gasteiger partial charge in [0, 0.05) is 57.1 Å². The molecule has 1 amide bonds. The van der Waals surface area contributed by atoms with Gasteiger partial charge in [0.25, 0.3) is 0 Å². The van der Waals surface area contributed by atoms with E-state index >= 15 is 0 Å². The van der Waals surface area contributed by atoms with Gasteiger partial charge in [-0.2, -0.15) is 0 Å². The van der Waals surface area contributed by atoms with E-state index in [1.54, 1.807) is 0 Å². The molecule has 9 nitrogen and oxygen atoms in total. The molecule has 1 saturated carbocycles. The summed E-state index contributed by atoms with van der Waals surface area (Å²) in [5, 5.41) is 10.6. The SMILES string of the molecule is NC(N)C(C(=O)NC1CNCCC1N1CCC(N2CCCOC2)CC1)C1=C2CCCCCC2CCC(Cl)CN1. The smallest absolute Gasteiger partial charge is 0.232 e. The predicted octanol–water partition coefficient (Wildman–Crippen LogP) is 1.66. The normalized spacial score (nSPS) is 33.4. The van der Waals surface area contributed by atoms with Crippen LogP contribution in [0.3, 0.4) is 0 Å². The number of rotatable bonds is 6. The Morgan fingerprint density at radius 2 is 1.82 bits per heavy atom. The lowest BCUT2D eigenvalue weighted by Gasteiger charge is -2.46. The van der Waals surface area contributed by atoms with Crippen LogP contribution in [0.5, 0.6) is 0 Å². The van der Waals surface area contributed by atoms with E-state index in [9.17, 15) is 4.79 Å². The van der Waals surface area contributed by atoms with E-state index in [0.29, 0.717) is 24.5 Å². The molecule has 3 saturated heterocycles. The molecule has 5 atom stereocenters. The zero-order valence-electron chi connectivity index (χ0n) is 23.7. The number of hydrogen-bond acceptors (Lipinski definition) is 8. The Kier molecular flexibility index (Phi) is 10.8. The number of likely N-dealkylation sites (tertiary alicyclic amines) is 1. The van der Waals surface area contributed by atoms with E-state index < -0.39 is 12.1 Å². The van der Waals surface area contributed by atoms with E-state index in [1.807, 2.05) is 0 Å². The quantitative estimate of drug-likeness (QED) is 0.244. The van der Waals surface area contributed by atoms with Gasteiger partial charge >= 0.3 is 0 Å². The summed E-state index contributed by atoms with van der Waals surface area (Å²) in [5.41, 5.74) is 15.1. The van der Waals surface area contributed by atoms with Crippen molar-refractivity contribution in [1.29, 1.82) is 0 Å². The van der Waals surface area contributed by atoms with Gasteiger partial charge in [-0.05, 0) is 75.8 Å². The molecule has 0 aromatic rings. The zero-order chi connectivity index (χ0) is 27.2. The van der Waals surface area contributed by atoms with Crippen LogP contribution in [0.4, 0.5) is 0 Å². The molecule has 4 heterocycles. The maximum Gasteiger partial charge on any atom is 0.232 e. The summed E-state index contributed by atoms with van der Waals surface area (Å²) in [5.74, 6) is -0.176. The number of carbonyl (C=O) groups is 1. The third kappa shape index (κ3) is 7.48. The Balaban J connectivity index is 1.28. The Hall–Kier alpha value is -0.940. The molecule has 0 aromatic carbocycles. The summed E-state index contributed by atoms with van der Waals surface area (Å²) in [6, 6.07) is 0.962. The first-order valence-corrected chi connectivity index (χ1v) is 16.1. The molecule has 222 valence electrons. The van der Waals surface area contributed by atoms with E-state index in [4.69, 9.17) is 27.8 Å². The fourth-order valence-corrected chi connectivity index (χ4v) is 7.95. The molecule has 5 rings (SSSR count). The maximum absolute atomic E-state index is 14.0. The van der Waals surface area contributed by atoms with Crippen molar-refractivity contribution in [1.82, 2.24) is 25.8 Å². The van der Waals surface area contributed by atoms with Crippen LogP contribution in [-0.4, -0.2) is 98.0 Å². The average molecular weight is 566 g/mol. The van der Waals surface area contributed by atoms with E-state index in [-0.39, 0.29) is 17.3 Å². The van der Waals surface area contributed by atoms with Crippen LogP contribution in [0, 0.1) is 11.8 Å². The van der Waals surface area contributed by atoms with Gasteiger partial charge in [0.2, 0.25) is 5.91 Å². The molecule has 0 aromatic heterocycles. The van der Waals surface area contributed by atoms with Crippen molar-refractivity contribution >= 4 is 17.5 Å². The minimum Gasteiger partial charge on any atom is -0.386 e. The van der Waals surface area contributed by atoms with E-state index in [1.165, 1.54) is 18.4 Å². The molecule has 0 spiro atoms. The lowest BCUT2D eigenvalue weighted by molar-refractivity contribution is -0.126. The molecule has 5 unspecified atom stereocenters. The van der Waals surface area contributed by atoms with Gasteiger partial charge in [0.05, 0.1) is 24.3 Å². The summed E-state index contributed by atoms with van der Waals surface area (Å²) < 4.78 is 5.71. The van der Waals surface area contributed by atoms with Crippen molar-refractivity contribution in [3.8, 4) is 0 Å². The fourth-order valence-electron chi connectivity index (χ4n) is 7.75. The molecule has 7 N–H and O–H groups in total. The topological polar surface area (TPSA) is 121 Å². The molecule has 39 heavy (non-hydrogen) atoms. The Morgan fingerprint density at radius 1 is 0.974 bits per heavy atom. The third-order valence-corrected chi connectivity index (χ3v) is 10.3. The van der Waals surface area contributed by atoms with Gasteiger partial charge in [0.1, 0.15) is 5.92 Å². The molecule has 4 aliphatic heterocycles. The number of alkyl halides is 1. The van der Waals surface area contributed by atoms with Crippen molar-refractivity contribution in [3.05, 3.63) is 11.3 Å². The molecule has 0 bridgehead atoms. The summed E-state index contributed by atoms with van der Waals surface area (Å²) in [6.07, 6.45) is 11.6. The van der Waals surface area contributed by atoms with E-state index in [0.717, 1.165) is 110 Å². The van der Waals surface area contributed by atoms with Crippen LogP contribution in [0.2, 0.25) is 0 Å². The number of allylic oxidation sites excluding steroid dienone is 1. The predicted molar refractivity (Wildman–Crippen MR) is 156 cm³/mol. The third-order valence-electron chi connectivity index (χ3n) is 9.91. The van der Waals surface area contributed by atoms with Crippen LogP contribution in [0.15, 0.2) is 11.3 Å². The summed E-state index contributed by atoms with van der Waals surface area (Å²) in [6.45, 7) is 7.33. The second-order valence-corrected chi connectivity index (χ2v) is 13.1. The fraction of sp³-hybridized carbons (Fsp3) is 0.897. The molecule has 1 aliphatic carbocycles. The van der Waals surface area contributed by atoms with Crippen LogP contribution in [-0.2, 0) is 9.53 Å². The van der Waals surface area contributed by atoms with Crippen molar-refractivity contribution in [2.75, 3.05) is 52.6 Å². The molecule has 4 fully saturated rings. The molecular weight excluding hydrogens is 514 g/mol. The molecular formula is C29H52ClN7O2. The van der Waals surface area contributed by atoms with Gasteiger partial charge in [0.15, 0.2) is 0 Å². The highest BCUT2D eigenvalue weighted by Gasteiger charge is 2.39. The van der Waals surface area contributed by atoms with Crippen LogP contribution in [0.1, 0.15) is 70.6 Å². The first-order valence-electron chi connectivity index (χ1n) is 15.7. The van der Waals surface area contributed by atoms with Gasteiger partial charge in [-0.25, -0.2) is 0 Å². The van der Waals surface area contributed by atoms with Gasteiger partial charge in [-0.15, -0.1) is 11.6 Å². The minimum absolute atomic E-state index is 0.0345. The Bertz CT molecular complexity index is 828. The monoisotopic (exact) mass is 565 g/mol. The highest BCUT2D eigenvalue weighted by Crippen LogP contribution is 2.37. The van der Waals surface area contributed by atoms with Crippen LogP contribution < -0.4 is 27.4 Å². The number of piperidine rings is 2. The lowest BCUT2D eigenvalue weighted by Crippen LogP contribution is -2.63. The highest BCUT2D eigenvalue weighted by molar-refractivity contribution is 6.20. The summed E-state index contributed by atoms with van der Waals surface area (Å²) in [7, 11) is 0. The van der Waals surface area contributed by atoms with Crippen molar-refractivity contribution in [3.63, 3.8) is 0 Å². The number of carbonyl (C=O) groups excluding carboxylic acids is 1. The largest absolute Gasteiger partial charge is 0.386 e. The highest BCUT2D eigenvalue weighted by atomic mass is 35.5. The van der Waals surface area contributed by atoms with Crippen LogP contribution >= 0.6 is 11.6 Å². The van der Waals surface area contributed by atoms with Gasteiger partial charge < -0.3 is 32.2 Å². The van der Waals surface area contributed by atoms with Crippen molar-refractivity contribution in [2.24, 2.45) is 23.3 Å². The van der Waals surface area contributed by atoms with Gasteiger partial charge in [-0.1, -0.05) is 12.8 Å². The number of ether oxygens (including phenoxy) is 1. The van der Waals surface area contributed by atoms with Crippen molar-refractivity contribution in [2.45, 2.75) is 100 Å². The van der Waals surface area contributed by atoms with Crippen molar-refractivity contribution < 1.29 is 9.53 Å².